The molecular formula is C24H20N2O6. The van der Waals surface area contributed by atoms with Gasteiger partial charge in [-0.3, -0.25) is 9.59 Å². The molecule has 1 aliphatic heterocycles. The van der Waals surface area contributed by atoms with Crippen molar-refractivity contribution >= 4 is 29.2 Å². The molecule has 162 valence electrons. The number of esters is 1. The van der Waals surface area contributed by atoms with Crippen molar-refractivity contribution in [1.29, 1.82) is 0 Å². The molecule has 0 unspecified atom stereocenters. The van der Waals surface area contributed by atoms with Gasteiger partial charge >= 0.3 is 5.97 Å². The zero-order valence-electron chi connectivity index (χ0n) is 17.0. The summed E-state index contributed by atoms with van der Waals surface area (Å²) in [6.45, 7) is -0.356. The summed E-state index contributed by atoms with van der Waals surface area (Å²) in [5, 5.41) is 5.36. The molecule has 0 atom stereocenters. The van der Waals surface area contributed by atoms with Gasteiger partial charge in [0, 0.05) is 11.8 Å². The van der Waals surface area contributed by atoms with Gasteiger partial charge in [0.25, 0.3) is 5.91 Å². The predicted molar refractivity (Wildman–Crippen MR) is 117 cm³/mol. The van der Waals surface area contributed by atoms with Crippen LogP contribution in [0.3, 0.4) is 0 Å². The smallest absolute Gasteiger partial charge is 0.340 e. The highest BCUT2D eigenvalue weighted by Gasteiger charge is 2.17. The first-order valence-corrected chi connectivity index (χ1v) is 9.88. The van der Waals surface area contributed by atoms with Crippen molar-refractivity contribution in [3.05, 3.63) is 83.9 Å². The largest absolute Gasteiger partial charge is 0.454 e. The van der Waals surface area contributed by atoms with Gasteiger partial charge in [0.15, 0.2) is 18.1 Å². The van der Waals surface area contributed by atoms with Crippen LogP contribution in [-0.2, 0) is 20.7 Å². The number of ether oxygens (including phenoxy) is 3. The summed E-state index contributed by atoms with van der Waals surface area (Å²) in [6, 6.07) is 20.7. The lowest BCUT2D eigenvalue weighted by Crippen LogP contribution is -2.22. The van der Waals surface area contributed by atoms with E-state index in [1.165, 1.54) is 6.07 Å². The van der Waals surface area contributed by atoms with Gasteiger partial charge in [0.05, 0.1) is 17.7 Å². The summed E-state index contributed by atoms with van der Waals surface area (Å²) >= 11 is 0. The number of hydrogen-bond donors (Lipinski definition) is 2. The number of benzene rings is 3. The zero-order chi connectivity index (χ0) is 22.3. The van der Waals surface area contributed by atoms with Crippen LogP contribution in [0.4, 0.5) is 11.4 Å². The second-order valence-corrected chi connectivity index (χ2v) is 6.95. The quantitative estimate of drug-likeness (QED) is 0.555. The maximum atomic E-state index is 12.5. The van der Waals surface area contributed by atoms with E-state index >= 15 is 0 Å². The number of carbonyl (C=O) groups is 3. The molecule has 32 heavy (non-hydrogen) atoms. The minimum atomic E-state index is -0.721. The lowest BCUT2D eigenvalue weighted by atomic mass is 10.1. The van der Waals surface area contributed by atoms with Crippen LogP contribution in [-0.4, -0.2) is 31.2 Å². The summed E-state index contributed by atoms with van der Waals surface area (Å²) < 4.78 is 15.6. The monoisotopic (exact) mass is 432 g/mol. The molecule has 0 radical (unpaired) electrons. The highest BCUT2D eigenvalue weighted by atomic mass is 16.7. The van der Waals surface area contributed by atoms with E-state index in [9.17, 15) is 14.4 Å². The standard InChI is InChI=1S/C24H20N2O6/c27-22(12-16-6-2-1-3-7-16)26-19-9-5-4-8-18(19)24(29)30-14-23(28)25-17-10-11-20-21(13-17)32-15-31-20/h1-11,13H,12,14-15H2,(H,25,28)(H,26,27). The number of fused-ring (bicyclic) bond motifs is 1. The lowest BCUT2D eigenvalue weighted by molar-refractivity contribution is -0.119. The first kappa shape index (κ1) is 20.9. The zero-order valence-corrected chi connectivity index (χ0v) is 17.0. The molecule has 4 rings (SSSR count). The topological polar surface area (TPSA) is 103 Å². The van der Waals surface area contributed by atoms with Crippen molar-refractivity contribution < 1.29 is 28.6 Å². The molecule has 8 nitrogen and oxygen atoms in total. The number of anilines is 2. The van der Waals surface area contributed by atoms with E-state index < -0.39 is 18.5 Å². The molecule has 1 heterocycles. The van der Waals surface area contributed by atoms with Crippen molar-refractivity contribution in [3.63, 3.8) is 0 Å². The Morgan fingerprint density at radius 1 is 0.812 bits per heavy atom. The third-order valence-corrected chi connectivity index (χ3v) is 4.62. The minimum absolute atomic E-state index is 0.131. The highest BCUT2D eigenvalue weighted by Crippen LogP contribution is 2.34. The fourth-order valence-electron chi connectivity index (χ4n) is 3.13. The average Bonchev–Trinajstić information content (AvgIpc) is 3.26. The molecule has 2 amide bonds. The summed E-state index contributed by atoms with van der Waals surface area (Å²) in [7, 11) is 0. The SMILES string of the molecule is O=C(COC(=O)c1ccccc1NC(=O)Cc1ccccc1)Nc1ccc2c(c1)OCO2. The Balaban J connectivity index is 1.33. The van der Waals surface area contributed by atoms with Gasteiger partial charge in [0.1, 0.15) is 0 Å². The summed E-state index contributed by atoms with van der Waals surface area (Å²) in [6.07, 6.45) is 0.169. The number of carbonyl (C=O) groups excluding carboxylic acids is 3. The van der Waals surface area contributed by atoms with Crippen molar-refractivity contribution in [2.45, 2.75) is 6.42 Å². The summed E-state index contributed by atoms with van der Waals surface area (Å²) in [5.74, 6) is -0.374. The third-order valence-electron chi connectivity index (χ3n) is 4.62. The second-order valence-electron chi connectivity index (χ2n) is 6.95. The van der Waals surface area contributed by atoms with E-state index in [1.54, 1.807) is 36.4 Å². The van der Waals surface area contributed by atoms with Crippen molar-refractivity contribution in [2.75, 3.05) is 24.0 Å². The van der Waals surface area contributed by atoms with Gasteiger partial charge in [-0.2, -0.15) is 0 Å². The van der Waals surface area contributed by atoms with Crippen molar-refractivity contribution in [1.82, 2.24) is 0 Å². The molecule has 3 aromatic rings. The van der Waals surface area contributed by atoms with Crippen LogP contribution < -0.4 is 20.1 Å². The van der Waals surface area contributed by atoms with E-state index in [0.717, 1.165) is 5.56 Å². The van der Waals surface area contributed by atoms with Gasteiger partial charge in [-0.15, -0.1) is 0 Å². The predicted octanol–water partition coefficient (Wildman–Crippen LogP) is 3.39. The molecule has 0 aromatic heterocycles. The maximum absolute atomic E-state index is 12.5. The molecule has 0 fully saturated rings. The fraction of sp³-hybridized carbons (Fsp3) is 0.125. The molecule has 1 aliphatic rings. The van der Waals surface area contributed by atoms with Gasteiger partial charge < -0.3 is 24.8 Å². The Hall–Kier alpha value is -4.33. The van der Waals surface area contributed by atoms with Crippen LogP contribution in [0, 0.1) is 0 Å². The molecule has 0 spiro atoms. The molecular weight excluding hydrogens is 412 g/mol. The molecule has 2 N–H and O–H groups in total. The second kappa shape index (κ2) is 9.65. The average molecular weight is 432 g/mol. The van der Waals surface area contributed by atoms with E-state index in [0.29, 0.717) is 22.9 Å². The summed E-state index contributed by atoms with van der Waals surface area (Å²) in [4.78, 5) is 37.1. The van der Waals surface area contributed by atoms with Crippen LogP contribution in [0.1, 0.15) is 15.9 Å². The number of amides is 2. The fourth-order valence-corrected chi connectivity index (χ4v) is 3.13. The summed E-state index contributed by atoms with van der Waals surface area (Å²) in [5.41, 5.74) is 1.81. The van der Waals surface area contributed by atoms with Gasteiger partial charge in [-0.1, -0.05) is 42.5 Å². The van der Waals surface area contributed by atoms with Gasteiger partial charge in [-0.05, 0) is 29.8 Å². The molecule has 0 saturated heterocycles. The number of nitrogens with one attached hydrogen (secondary N) is 2. The van der Waals surface area contributed by atoms with Crippen LogP contribution in [0.2, 0.25) is 0 Å². The van der Waals surface area contributed by atoms with Crippen LogP contribution >= 0.6 is 0 Å². The van der Waals surface area contributed by atoms with Crippen molar-refractivity contribution in [3.8, 4) is 11.5 Å². The first-order chi connectivity index (χ1) is 15.6. The Morgan fingerprint density at radius 2 is 1.56 bits per heavy atom. The Bertz CT molecular complexity index is 1150. The molecule has 0 aliphatic carbocycles. The lowest BCUT2D eigenvalue weighted by Gasteiger charge is -2.11. The molecule has 8 heteroatoms. The number of hydrogen-bond acceptors (Lipinski definition) is 6. The first-order valence-electron chi connectivity index (χ1n) is 9.88. The van der Waals surface area contributed by atoms with Crippen molar-refractivity contribution in [2.24, 2.45) is 0 Å². The van der Waals surface area contributed by atoms with Gasteiger partial charge in [0.2, 0.25) is 12.7 Å². The molecule has 0 saturated carbocycles. The number of para-hydroxylation sites is 1. The van der Waals surface area contributed by atoms with Crippen LogP contribution in [0.25, 0.3) is 0 Å². The molecule has 3 aromatic carbocycles. The van der Waals surface area contributed by atoms with E-state index in [4.69, 9.17) is 14.2 Å². The maximum Gasteiger partial charge on any atom is 0.340 e. The Morgan fingerprint density at radius 3 is 2.41 bits per heavy atom. The normalized spacial score (nSPS) is 11.5. The number of rotatable bonds is 7. The Kier molecular flexibility index (Phi) is 6.31. The highest BCUT2D eigenvalue weighted by molar-refractivity contribution is 6.02. The van der Waals surface area contributed by atoms with Crippen LogP contribution in [0.5, 0.6) is 11.5 Å². The van der Waals surface area contributed by atoms with E-state index in [-0.39, 0.29) is 24.7 Å². The van der Waals surface area contributed by atoms with Gasteiger partial charge in [-0.25, -0.2) is 4.79 Å². The van der Waals surface area contributed by atoms with Crippen LogP contribution in [0.15, 0.2) is 72.8 Å². The Labute approximate surface area is 184 Å². The molecule has 0 bridgehead atoms. The third kappa shape index (κ3) is 5.23. The van der Waals surface area contributed by atoms with E-state index in [1.807, 2.05) is 30.3 Å². The van der Waals surface area contributed by atoms with E-state index in [2.05, 4.69) is 10.6 Å². The minimum Gasteiger partial charge on any atom is -0.454 e.